The van der Waals surface area contributed by atoms with Crippen LogP contribution in [0.2, 0.25) is 0 Å². The number of carbonyl (C=O) groups excluding carboxylic acids is 2. The van der Waals surface area contributed by atoms with Gasteiger partial charge in [0.2, 0.25) is 10.0 Å². The second-order valence-corrected chi connectivity index (χ2v) is 8.74. The third kappa shape index (κ3) is 5.18. The van der Waals surface area contributed by atoms with Gasteiger partial charge in [0, 0.05) is 30.9 Å². The number of anilines is 2. The first-order chi connectivity index (χ1) is 14.4. The number of para-hydroxylation sites is 1. The van der Waals surface area contributed by atoms with Crippen LogP contribution >= 0.6 is 0 Å². The second-order valence-electron chi connectivity index (χ2n) is 6.72. The SMILES string of the molecule is C=CCNC(=O)c1ccc(NC(=O)NCCS(=O)(=O)N2CCc3ccccc32)cc1. The molecule has 8 nitrogen and oxygen atoms in total. The summed E-state index contributed by atoms with van der Waals surface area (Å²) in [4.78, 5) is 23.9. The molecule has 3 N–H and O–H groups in total. The van der Waals surface area contributed by atoms with E-state index in [2.05, 4.69) is 22.5 Å². The lowest BCUT2D eigenvalue weighted by molar-refractivity contribution is 0.0958. The minimum absolute atomic E-state index is 0.0190. The molecule has 9 heteroatoms. The zero-order chi connectivity index (χ0) is 21.6. The Morgan fingerprint density at radius 2 is 1.80 bits per heavy atom. The second kappa shape index (κ2) is 9.45. The summed E-state index contributed by atoms with van der Waals surface area (Å²) in [6.07, 6.45) is 2.27. The van der Waals surface area contributed by atoms with Crippen LogP contribution in [0.5, 0.6) is 0 Å². The first-order valence-electron chi connectivity index (χ1n) is 9.53. The van der Waals surface area contributed by atoms with Gasteiger partial charge in [-0.05, 0) is 42.3 Å². The fraction of sp³-hybridized carbons (Fsp3) is 0.238. The monoisotopic (exact) mass is 428 g/mol. The molecule has 0 unspecified atom stereocenters. The minimum atomic E-state index is -3.53. The van der Waals surface area contributed by atoms with Crippen LogP contribution in [-0.4, -0.2) is 45.7 Å². The maximum absolute atomic E-state index is 12.6. The van der Waals surface area contributed by atoms with E-state index in [9.17, 15) is 18.0 Å². The lowest BCUT2D eigenvalue weighted by atomic mass is 10.2. The number of fused-ring (bicyclic) bond motifs is 1. The van der Waals surface area contributed by atoms with Crippen molar-refractivity contribution >= 4 is 33.3 Å². The summed E-state index contributed by atoms with van der Waals surface area (Å²) in [7, 11) is -3.53. The summed E-state index contributed by atoms with van der Waals surface area (Å²) >= 11 is 0. The molecule has 0 atom stereocenters. The Labute approximate surface area is 176 Å². The topological polar surface area (TPSA) is 108 Å². The molecule has 0 saturated heterocycles. The van der Waals surface area contributed by atoms with Crippen molar-refractivity contribution in [3.05, 3.63) is 72.3 Å². The Morgan fingerprint density at radius 3 is 2.53 bits per heavy atom. The zero-order valence-corrected chi connectivity index (χ0v) is 17.2. The molecule has 1 aliphatic heterocycles. The van der Waals surface area contributed by atoms with E-state index in [1.807, 2.05) is 18.2 Å². The van der Waals surface area contributed by atoms with Crippen LogP contribution in [0.25, 0.3) is 0 Å². The highest BCUT2D eigenvalue weighted by molar-refractivity contribution is 7.92. The van der Waals surface area contributed by atoms with Gasteiger partial charge in [0.15, 0.2) is 0 Å². The molecule has 0 saturated carbocycles. The van der Waals surface area contributed by atoms with Gasteiger partial charge in [-0.2, -0.15) is 0 Å². The van der Waals surface area contributed by atoms with Crippen LogP contribution in [0.1, 0.15) is 15.9 Å². The van der Waals surface area contributed by atoms with E-state index in [1.165, 1.54) is 4.31 Å². The number of rotatable bonds is 8. The Balaban J connectivity index is 1.48. The predicted octanol–water partition coefficient (Wildman–Crippen LogP) is 2.12. The Morgan fingerprint density at radius 1 is 1.07 bits per heavy atom. The normalized spacial score (nSPS) is 12.7. The average Bonchev–Trinajstić information content (AvgIpc) is 3.17. The van der Waals surface area contributed by atoms with Crippen molar-refractivity contribution < 1.29 is 18.0 Å². The Hall–Kier alpha value is -3.33. The molecule has 1 heterocycles. The number of carbonyl (C=O) groups is 2. The molecule has 0 radical (unpaired) electrons. The Kier molecular flexibility index (Phi) is 6.73. The lowest BCUT2D eigenvalue weighted by Crippen LogP contribution is -2.38. The number of nitrogens with zero attached hydrogens (tertiary/aromatic N) is 1. The molecule has 2 aromatic carbocycles. The molecule has 0 aromatic heterocycles. The van der Waals surface area contributed by atoms with E-state index >= 15 is 0 Å². The molecular weight excluding hydrogens is 404 g/mol. The summed E-state index contributed by atoms with van der Waals surface area (Å²) in [5.74, 6) is -0.434. The molecular formula is C21H24N4O4S. The highest BCUT2D eigenvalue weighted by atomic mass is 32.2. The molecule has 0 aliphatic carbocycles. The van der Waals surface area contributed by atoms with E-state index in [4.69, 9.17) is 0 Å². The lowest BCUT2D eigenvalue weighted by Gasteiger charge is -2.19. The van der Waals surface area contributed by atoms with Crippen LogP contribution < -0.4 is 20.3 Å². The third-order valence-corrected chi connectivity index (χ3v) is 6.41. The maximum atomic E-state index is 12.6. The molecule has 0 spiro atoms. The Bertz CT molecular complexity index is 1040. The largest absolute Gasteiger partial charge is 0.349 e. The van der Waals surface area contributed by atoms with Gasteiger partial charge < -0.3 is 16.0 Å². The fourth-order valence-corrected chi connectivity index (χ4v) is 4.58. The molecule has 1 aliphatic rings. The molecule has 30 heavy (non-hydrogen) atoms. The van der Waals surface area contributed by atoms with Gasteiger partial charge in [0.05, 0.1) is 11.4 Å². The van der Waals surface area contributed by atoms with Crippen molar-refractivity contribution in [1.82, 2.24) is 10.6 Å². The number of nitrogens with one attached hydrogen (secondary N) is 3. The highest BCUT2D eigenvalue weighted by Gasteiger charge is 2.28. The van der Waals surface area contributed by atoms with Gasteiger partial charge in [0.25, 0.3) is 5.91 Å². The number of benzene rings is 2. The average molecular weight is 429 g/mol. The smallest absolute Gasteiger partial charge is 0.319 e. The minimum Gasteiger partial charge on any atom is -0.349 e. The number of amides is 3. The number of sulfonamides is 1. The fourth-order valence-electron chi connectivity index (χ4n) is 3.15. The number of hydrogen-bond acceptors (Lipinski definition) is 4. The molecule has 3 rings (SSSR count). The summed E-state index contributed by atoms with van der Waals surface area (Å²) in [5.41, 5.74) is 2.66. The summed E-state index contributed by atoms with van der Waals surface area (Å²) < 4.78 is 26.6. The van der Waals surface area contributed by atoms with E-state index in [-0.39, 0.29) is 18.2 Å². The van der Waals surface area contributed by atoms with Crippen LogP contribution in [0, 0.1) is 0 Å². The van der Waals surface area contributed by atoms with E-state index in [1.54, 1.807) is 36.4 Å². The maximum Gasteiger partial charge on any atom is 0.319 e. The van der Waals surface area contributed by atoms with E-state index < -0.39 is 16.1 Å². The molecule has 0 fully saturated rings. The van der Waals surface area contributed by atoms with Crippen LogP contribution in [0.15, 0.2) is 61.2 Å². The highest BCUT2D eigenvalue weighted by Crippen LogP contribution is 2.29. The van der Waals surface area contributed by atoms with Crippen molar-refractivity contribution in [2.75, 3.05) is 35.0 Å². The molecule has 158 valence electrons. The summed E-state index contributed by atoms with van der Waals surface area (Å²) in [6, 6.07) is 13.3. The van der Waals surface area contributed by atoms with Crippen LogP contribution in [0.4, 0.5) is 16.2 Å². The predicted molar refractivity (Wildman–Crippen MR) is 117 cm³/mol. The number of urea groups is 1. The first-order valence-corrected chi connectivity index (χ1v) is 11.1. The van der Waals surface area contributed by atoms with Crippen molar-refractivity contribution in [2.45, 2.75) is 6.42 Å². The van der Waals surface area contributed by atoms with Gasteiger partial charge in [-0.3, -0.25) is 9.10 Å². The van der Waals surface area contributed by atoms with Crippen molar-refractivity contribution in [3.63, 3.8) is 0 Å². The zero-order valence-electron chi connectivity index (χ0n) is 16.4. The van der Waals surface area contributed by atoms with E-state index in [0.29, 0.717) is 36.4 Å². The molecule has 0 bridgehead atoms. The quantitative estimate of drug-likeness (QED) is 0.560. The van der Waals surface area contributed by atoms with Crippen LogP contribution in [0.3, 0.4) is 0 Å². The third-order valence-electron chi connectivity index (χ3n) is 4.64. The first kappa shape index (κ1) is 21.4. The standard InChI is InChI=1S/C21H24N4O4S/c1-2-12-22-20(26)17-7-9-18(10-8-17)24-21(27)23-13-15-30(28,29)25-14-11-16-5-3-4-6-19(16)25/h2-10H,1,11-15H2,(H,22,26)(H2,23,24,27). The molecule has 3 amide bonds. The van der Waals surface area contributed by atoms with Gasteiger partial charge in [0.1, 0.15) is 0 Å². The van der Waals surface area contributed by atoms with Gasteiger partial charge >= 0.3 is 6.03 Å². The summed E-state index contributed by atoms with van der Waals surface area (Å²) in [6.45, 7) is 4.30. The van der Waals surface area contributed by atoms with Crippen molar-refractivity contribution in [2.24, 2.45) is 0 Å². The van der Waals surface area contributed by atoms with E-state index in [0.717, 1.165) is 5.56 Å². The number of hydrogen-bond donors (Lipinski definition) is 3. The molecule has 2 aromatic rings. The van der Waals surface area contributed by atoms with Crippen molar-refractivity contribution in [3.8, 4) is 0 Å². The van der Waals surface area contributed by atoms with Crippen LogP contribution in [-0.2, 0) is 16.4 Å². The van der Waals surface area contributed by atoms with Gasteiger partial charge in [-0.25, -0.2) is 13.2 Å². The van der Waals surface area contributed by atoms with Gasteiger partial charge in [-0.1, -0.05) is 24.3 Å². The van der Waals surface area contributed by atoms with Crippen molar-refractivity contribution in [1.29, 1.82) is 0 Å². The summed E-state index contributed by atoms with van der Waals surface area (Å²) in [5, 5.41) is 7.83. The van der Waals surface area contributed by atoms with Gasteiger partial charge in [-0.15, -0.1) is 6.58 Å².